The van der Waals surface area contributed by atoms with Crippen LogP contribution in [0.3, 0.4) is 0 Å². The van der Waals surface area contributed by atoms with Crippen molar-refractivity contribution < 1.29 is 14.3 Å². The lowest BCUT2D eigenvalue weighted by molar-refractivity contribution is -0.122. The molecular formula is C16H24ClN3O3. The fourth-order valence-corrected chi connectivity index (χ4v) is 2.67. The second-order valence-corrected chi connectivity index (χ2v) is 5.51. The van der Waals surface area contributed by atoms with E-state index < -0.39 is 5.91 Å². The second-order valence-electron chi connectivity index (χ2n) is 5.51. The highest BCUT2D eigenvalue weighted by Gasteiger charge is 2.26. The molecule has 2 amide bonds. The van der Waals surface area contributed by atoms with Gasteiger partial charge in [-0.15, -0.1) is 12.4 Å². The molecule has 0 aliphatic carbocycles. The van der Waals surface area contributed by atoms with Gasteiger partial charge < -0.3 is 21.1 Å². The molecule has 2 rings (SSSR count). The number of nitrogens with one attached hydrogen (secondary N) is 2. The summed E-state index contributed by atoms with van der Waals surface area (Å²) < 4.78 is 5.32. The Morgan fingerprint density at radius 2 is 1.87 bits per heavy atom. The van der Waals surface area contributed by atoms with Crippen molar-refractivity contribution in [2.24, 2.45) is 11.7 Å². The van der Waals surface area contributed by atoms with Gasteiger partial charge in [-0.3, -0.25) is 9.59 Å². The number of rotatable bonds is 7. The van der Waals surface area contributed by atoms with Crippen LogP contribution in [0.25, 0.3) is 0 Å². The number of nitrogens with two attached hydrogens (primary N) is 1. The summed E-state index contributed by atoms with van der Waals surface area (Å²) in [6.45, 7) is 1.50. The van der Waals surface area contributed by atoms with E-state index in [0.29, 0.717) is 13.2 Å². The number of ether oxygens (including phenoxy) is 1. The van der Waals surface area contributed by atoms with Gasteiger partial charge in [0.15, 0.2) is 0 Å². The van der Waals surface area contributed by atoms with Crippen LogP contribution in [0.4, 0.5) is 5.69 Å². The normalized spacial score (nSPS) is 16.0. The number of para-hydroxylation sites is 1. The Bertz CT molecular complexity index is 493. The Balaban J connectivity index is 0.00000264. The molecule has 0 aromatic heterocycles. The summed E-state index contributed by atoms with van der Waals surface area (Å²) in [5.41, 5.74) is 6.19. The van der Waals surface area contributed by atoms with E-state index in [0.717, 1.165) is 18.5 Å². The number of anilines is 1. The Morgan fingerprint density at radius 3 is 2.48 bits per heavy atom. The predicted molar refractivity (Wildman–Crippen MR) is 91.5 cm³/mol. The van der Waals surface area contributed by atoms with Crippen LogP contribution in [0.15, 0.2) is 30.3 Å². The molecule has 1 aliphatic rings. The van der Waals surface area contributed by atoms with Crippen molar-refractivity contribution in [3.63, 3.8) is 0 Å². The molecule has 0 radical (unpaired) electrons. The van der Waals surface area contributed by atoms with Crippen molar-refractivity contribution in [3.8, 4) is 0 Å². The number of hydrogen-bond acceptors (Lipinski definition) is 4. The molecular weight excluding hydrogens is 318 g/mol. The van der Waals surface area contributed by atoms with Crippen LogP contribution in [0.2, 0.25) is 0 Å². The van der Waals surface area contributed by atoms with Crippen LogP contribution in [0.5, 0.6) is 0 Å². The second kappa shape index (κ2) is 10.1. The van der Waals surface area contributed by atoms with Gasteiger partial charge in [0.25, 0.3) is 0 Å². The fourth-order valence-electron chi connectivity index (χ4n) is 2.67. The minimum atomic E-state index is -0.396. The predicted octanol–water partition coefficient (Wildman–Crippen LogP) is 1.31. The molecule has 0 saturated carbocycles. The van der Waals surface area contributed by atoms with E-state index in [-0.39, 0.29) is 43.2 Å². The minimum absolute atomic E-state index is 0. The highest BCUT2D eigenvalue weighted by Crippen LogP contribution is 2.20. The summed E-state index contributed by atoms with van der Waals surface area (Å²) in [6.07, 6.45) is 1.84. The zero-order valence-electron chi connectivity index (χ0n) is 13.0. The zero-order valence-corrected chi connectivity index (χ0v) is 13.8. The van der Waals surface area contributed by atoms with Crippen molar-refractivity contribution in [1.82, 2.24) is 5.32 Å². The molecule has 6 nitrogen and oxygen atoms in total. The van der Waals surface area contributed by atoms with Crippen molar-refractivity contribution in [2.45, 2.75) is 25.3 Å². The Kier molecular flexibility index (Phi) is 8.43. The molecule has 1 heterocycles. The third-order valence-corrected chi connectivity index (χ3v) is 3.83. The van der Waals surface area contributed by atoms with Gasteiger partial charge >= 0.3 is 0 Å². The third kappa shape index (κ3) is 6.88. The summed E-state index contributed by atoms with van der Waals surface area (Å²) in [4.78, 5) is 23.3. The van der Waals surface area contributed by atoms with Gasteiger partial charge in [-0.2, -0.15) is 0 Å². The Hall–Kier alpha value is -1.79. The fraction of sp³-hybridized carbons (Fsp3) is 0.500. The van der Waals surface area contributed by atoms with E-state index in [9.17, 15) is 9.59 Å². The molecule has 4 N–H and O–H groups in total. The summed E-state index contributed by atoms with van der Waals surface area (Å²) in [5.74, 6) is -0.295. The monoisotopic (exact) mass is 341 g/mol. The summed E-state index contributed by atoms with van der Waals surface area (Å²) in [5, 5.41) is 5.98. The van der Waals surface area contributed by atoms with Crippen LogP contribution in [0.1, 0.15) is 19.3 Å². The molecule has 1 aromatic carbocycles. The molecule has 23 heavy (non-hydrogen) atoms. The Morgan fingerprint density at radius 1 is 1.22 bits per heavy atom. The molecule has 128 valence electrons. The molecule has 1 unspecified atom stereocenters. The summed E-state index contributed by atoms with van der Waals surface area (Å²) in [6, 6.07) is 9.29. The zero-order chi connectivity index (χ0) is 15.8. The number of benzene rings is 1. The van der Waals surface area contributed by atoms with E-state index in [1.807, 2.05) is 30.3 Å². The molecule has 1 atom stereocenters. The SMILES string of the molecule is Cl.NC(=O)CC(NC(=O)CNc1ccccc1)C1CCOCC1. The van der Waals surface area contributed by atoms with Crippen molar-refractivity contribution in [1.29, 1.82) is 0 Å². The molecule has 1 aliphatic heterocycles. The van der Waals surface area contributed by atoms with Crippen LogP contribution in [-0.2, 0) is 14.3 Å². The first-order valence-corrected chi connectivity index (χ1v) is 7.59. The van der Waals surface area contributed by atoms with E-state index >= 15 is 0 Å². The Labute approximate surface area is 142 Å². The standard InChI is InChI=1S/C16H23N3O3.ClH/c17-15(20)10-14(12-6-8-22-9-7-12)19-16(21)11-18-13-4-2-1-3-5-13;/h1-5,12,14,18H,6-11H2,(H2,17,20)(H,19,21);1H. The lowest BCUT2D eigenvalue weighted by Crippen LogP contribution is -2.46. The van der Waals surface area contributed by atoms with E-state index in [2.05, 4.69) is 10.6 Å². The molecule has 7 heteroatoms. The van der Waals surface area contributed by atoms with Crippen LogP contribution in [-0.4, -0.2) is 37.6 Å². The number of hydrogen-bond donors (Lipinski definition) is 3. The highest BCUT2D eigenvalue weighted by molar-refractivity contribution is 5.85. The van der Waals surface area contributed by atoms with Crippen LogP contribution < -0.4 is 16.4 Å². The first kappa shape index (κ1) is 19.3. The average molecular weight is 342 g/mol. The number of halogens is 1. The molecule has 1 saturated heterocycles. The van der Waals surface area contributed by atoms with Crippen molar-refractivity contribution in [2.75, 3.05) is 25.1 Å². The van der Waals surface area contributed by atoms with E-state index in [4.69, 9.17) is 10.5 Å². The maximum Gasteiger partial charge on any atom is 0.239 e. The summed E-state index contributed by atoms with van der Waals surface area (Å²) >= 11 is 0. The number of carbonyl (C=O) groups is 2. The maximum absolute atomic E-state index is 12.1. The van der Waals surface area contributed by atoms with Crippen LogP contribution >= 0.6 is 12.4 Å². The number of carbonyl (C=O) groups excluding carboxylic acids is 2. The van der Waals surface area contributed by atoms with E-state index in [1.54, 1.807) is 0 Å². The highest BCUT2D eigenvalue weighted by atomic mass is 35.5. The number of amides is 2. The third-order valence-electron chi connectivity index (χ3n) is 3.83. The van der Waals surface area contributed by atoms with E-state index in [1.165, 1.54) is 0 Å². The molecule has 1 aromatic rings. The quantitative estimate of drug-likeness (QED) is 0.697. The molecule has 0 bridgehead atoms. The van der Waals surface area contributed by atoms with Crippen LogP contribution in [0, 0.1) is 5.92 Å². The number of primary amides is 1. The van der Waals surface area contributed by atoms with Crippen molar-refractivity contribution in [3.05, 3.63) is 30.3 Å². The topological polar surface area (TPSA) is 93.5 Å². The minimum Gasteiger partial charge on any atom is -0.381 e. The van der Waals surface area contributed by atoms with Gasteiger partial charge in [0, 0.05) is 31.4 Å². The average Bonchev–Trinajstić information content (AvgIpc) is 2.54. The van der Waals surface area contributed by atoms with Gasteiger partial charge in [-0.25, -0.2) is 0 Å². The lowest BCUT2D eigenvalue weighted by atomic mass is 9.89. The van der Waals surface area contributed by atoms with Crippen molar-refractivity contribution >= 4 is 29.9 Å². The first-order chi connectivity index (χ1) is 10.6. The van der Waals surface area contributed by atoms with Gasteiger partial charge in [0.1, 0.15) is 0 Å². The summed E-state index contributed by atoms with van der Waals surface area (Å²) in [7, 11) is 0. The smallest absolute Gasteiger partial charge is 0.239 e. The lowest BCUT2D eigenvalue weighted by Gasteiger charge is -2.30. The maximum atomic E-state index is 12.1. The first-order valence-electron chi connectivity index (χ1n) is 7.59. The van der Waals surface area contributed by atoms with Gasteiger partial charge in [0.2, 0.25) is 11.8 Å². The van der Waals surface area contributed by atoms with Gasteiger partial charge in [0.05, 0.1) is 6.54 Å². The molecule has 0 spiro atoms. The largest absolute Gasteiger partial charge is 0.381 e. The van der Waals surface area contributed by atoms with Gasteiger partial charge in [-0.1, -0.05) is 18.2 Å². The van der Waals surface area contributed by atoms with Gasteiger partial charge in [-0.05, 0) is 30.9 Å². The molecule has 1 fully saturated rings.